The van der Waals surface area contributed by atoms with Crippen molar-refractivity contribution in [2.24, 2.45) is 0 Å². The van der Waals surface area contributed by atoms with Gasteiger partial charge in [0.25, 0.3) is 0 Å². The maximum absolute atomic E-state index is 13.2. The van der Waals surface area contributed by atoms with Crippen LogP contribution in [0.15, 0.2) is 36.5 Å². The van der Waals surface area contributed by atoms with E-state index in [0.717, 1.165) is 77.0 Å². The van der Waals surface area contributed by atoms with Crippen molar-refractivity contribution in [2.45, 2.75) is 296 Å². The number of carbonyl (C=O) groups excluding carboxylic acids is 2. The van der Waals surface area contributed by atoms with E-state index in [-0.39, 0.29) is 24.9 Å². The predicted molar refractivity (Wildman–Crippen MR) is 264 cm³/mol. The summed E-state index contributed by atoms with van der Waals surface area (Å²) in [4.78, 5) is 26.2. The molecule has 6 heteroatoms. The summed E-state index contributed by atoms with van der Waals surface area (Å²) in [5.41, 5.74) is 0. The van der Waals surface area contributed by atoms with Crippen molar-refractivity contribution < 1.29 is 24.5 Å². The summed E-state index contributed by atoms with van der Waals surface area (Å²) in [6.07, 6.45) is 57.7. The van der Waals surface area contributed by atoms with Gasteiger partial charge in [0.2, 0.25) is 5.91 Å². The van der Waals surface area contributed by atoms with Gasteiger partial charge in [-0.1, -0.05) is 224 Å². The van der Waals surface area contributed by atoms with Crippen molar-refractivity contribution in [3.8, 4) is 0 Å². The molecule has 0 saturated heterocycles. The second-order valence-electron chi connectivity index (χ2n) is 18.3. The Morgan fingerprint density at radius 3 is 1.26 bits per heavy atom. The van der Waals surface area contributed by atoms with Gasteiger partial charge >= 0.3 is 5.97 Å². The smallest absolute Gasteiger partial charge is 0.306 e. The minimum atomic E-state index is -0.792. The lowest BCUT2D eigenvalue weighted by Gasteiger charge is -2.24. The zero-order valence-corrected chi connectivity index (χ0v) is 40.8. The highest BCUT2D eigenvalue weighted by molar-refractivity contribution is 5.77. The number of ether oxygens (including phenoxy) is 1. The third-order valence-corrected chi connectivity index (χ3v) is 12.2. The number of nitrogens with one attached hydrogen (secondary N) is 1. The summed E-state index contributed by atoms with van der Waals surface area (Å²) in [7, 11) is 0. The van der Waals surface area contributed by atoms with Gasteiger partial charge in [0.15, 0.2) is 0 Å². The molecule has 0 bridgehead atoms. The summed E-state index contributed by atoms with van der Waals surface area (Å²) in [5, 5.41) is 23.7. The van der Waals surface area contributed by atoms with Crippen LogP contribution in [0, 0.1) is 0 Å². The molecule has 0 aromatic carbocycles. The van der Waals surface area contributed by atoms with Crippen LogP contribution >= 0.6 is 0 Å². The van der Waals surface area contributed by atoms with Crippen LogP contribution < -0.4 is 5.32 Å². The average molecular weight is 858 g/mol. The Balaban J connectivity index is 4.62. The maximum Gasteiger partial charge on any atom is 0.306 e. The summed E-state index contributed by atoms with van der Waals surface area (Å²) >= 11 is 0. The standard InChI is InChI=1S/C55H103NO5/c1-4-7-10-13-16-19-22-24-26-28-30-33-36-39-42-45-48-55(60)61-51(46-43-40-37-34-32-29-27-25-23-20-17-14-11-8-5-2)49-54(59)56-52(50-57)53(58)47-44-41-38-35-31-21-18-15-12-9-6-3/h25-28,30,33,51-53,57-58H,4-24,29,31-32,34-50H2,1-3H3,(H,56,59)/b27-25+,28-26+,33-30+. The van der Waals surface area contributed by atoms with Gasteiger partial charge in [-0.15, -0.1) is 0 Å². The molecule has 61 heavy (non-hydrogen) atoms. The van der Waals surface area contributed by atoms with Gasteiger partial charge in [-0.2, -0.15) is 0 Å². The zero-order chi connectivity index (χ0) is 44.5. The van der Waals surface area contributed by atoms with Crippen molar-refractivity contribution in [1.29, 1.82) is 0 Å². The first-order chi connectivity index (χ1) is 30.0. The van der Waals surface area contributed by atoms with E-state index in [0.29, 0.717) is 19.3 Å². The number of carbonyl (C=O) groups is 2. The first-order valence-corrected chi connectivity index (χ1v) is 26.7. The van der Waals surface area contributed by atoms with Crippen molar-refractivity contribution >= 4 is 11.9 Å². The van der Waals surface area contributed by atoms with Gasteiger partial charge in [-0.05, 0) is 77.0 Å². The van der Waals surface area contributed by atoms with Crippen molar-refractivity contribution in [1.82, 2.24) is 5.32 Å². The molecule has 0 aliphatic heterocycles. The number of hydrogen-bond acceptors (Lipinski definition) is 5. The lowest BCUT2D eigenvalue weighted by Crippen LogP contribution is -2.46. The monoisotopic (exact) mass is 858 g/mol. The van der Waals surface area contributed by atoms with E-state index in [9.17, 15) is 19.8 Å². The Bertz CT molecular complexity index is 1010. The van der Waals surface area contributed by atoms with Gasteiger partial charge < -0.3 is 20.3 Å². The largest absolute Gasteiger partial charge is 0.462 e. The van der Waals surface area contributed by atoms with E-state index in [2.05, 4.69) is 62.5 Å². The number of unbranched alkanes of at least 4 members (excludes halogenated alkanes) is 31. The van der Waals surface area contributed by atoms with Gasteiger partial charge in [-0.25, -0.2) is 0 Å². The molecule has 0 aromatic rings. The minimum Gasteiger partial charge on any atom is -0.462 e. The molecule has 0 aromatic heterocycles. The predicted octanol–water partition coefficient (Wildman–Crippen LogP) is 16.1. The number of allylic oxidation sites excluding steroid dienone is 6. The van der Waals surface area contributed by atoms with Crippen molar-refractivity contribution in [3.05, 3.63) is 36.5 Å². The number of rotatable bonds is 48. The van der Waals surface area contributed by atoms with Gasteiger partial charge in [0, 0.05) is 6.42 Å². The molecular formula is C55H103NO5. The second-order valence-corrected chi connectivity index (χ2v) is 18.3. The molecule has 0 aliphatic carbocycles. The number of esters is 1. The van der Waals surface area contributed by atoms with E-state index in [1.54, 1.807) is 0 Å². The van der Waals surface area contributed by atoms with E-state index in [1.807, 2.05) is 0 Å². The Morgan fingerprint density at radius 1 is 0.475 bits per heavy atom. The Labute approximate surface area is 379 Å². The normalized spacial score (nSPS) is 13.5. The molecule has 3 unspecified atom stereocenters. The lowest BCUT2D eigenvalue weighted by molar-refractivity contribution is -0.151. The highest BCUT2D eigenvalue weighted by Crippen LogP contribution is 2.18. The summed E-state index contributed by atoms with van der Waals surface area (Å²) < 4.78 is 5.93. The van der Waals surface area contributed by atoms with Crippen LogP contribution in [0.2, 0.25) is 0 Å². The molecule has 0 radical (unpaired) electrons. The maximum atomic E-state index is 13.2. The van der Waals surface area contributed by atoms with Crippen LogP contribution in [-0.2, 0) is 14.3 Å². The molecule has 0 spiro atoms. The van der Waals surface area contributed by atoms with E-state index >= 15 is 0 Å². The highest BCUT2D eigenvalue weighted by atomic mass is 16.5. The highest BCUT2D eigenvalue weighted by Gasteiger charge is 2.24. The fraction of sp³-hybridized carbons (Fsp3) is 0.855. The summed E-state index contributed by atoms with van der Waals surface area (Å²) in [5.74, 6) is -0.504. The average Bonchev–Trinajstić information content (AvgIpc) is 3.25. The van der Waals surface area contributed by atoms with Crippen molar-refractivity contribution in [2.75, 3.05) is 6.61 Å². The van der Waals surface area contributed by atoms with Crippen molar-refractivity contribution in [3.63, 3.8) is 0 Å². The number of hydrogen-bond donors (Lipinski definition) is 3. The molecule has 0 saturated carbocycles. The van der Waals surface area contributed by atoms with Crippen LogP contribution in [0.25, 0.3) is 0 Å². The quantitative estimate of drug-likeness (QED) is 0.0245. The zero-order valence-electron chi connectivity index (χ0n) is 40.8. The molecule has 1 amide bonds. The molecular weight excluding hydrogens is 755 g/mol. The van der Waals surface area contributed by atoms with E-state index in [4.69, 9.17) is 4.74 Å². The molecule has 3 N–H and O–H groups in total. The molecule has 3 atom stereocenters. The Kier molecular flexibility index (Phi) is 47.6. The van der Waals surface area contributed by atoms with Crippen LogP contribution in [0.3, 0.4) is 0 Å². The molecule has 0 rings (SSSR count). The third-order valence-electron chi connectivity index (χ3n) is 12.2. The fourth-order valence-corrected chi connectivity index (χ4v) is 8.12. The SMILES string of the molecule is CCCCCCCC/C=C/CCCCCCCC(CC(=O)NC(CO)C(O)CCCCCCCCCCCCC)OC(=O)CCCCC/C=C/C=C/CCCCCCCCC. The van der Waals surface area contributed by atoms with Crippen LogP contribution in [0.5, 0.6) is 0 Å². The van der Waals surface area contributed by atoms with Crippen LogP contribution in [0.1, 0.15) is 278 Å². The van der Waals surface area contributed by atoms with Crippen LogP contribution in [-0.4, -0.2) is 46.9 Å². The number of amides is 1. The van der Waals surface area contributed by atoms with E-state index < -0.39 is 18.2 Å². The molecule has 0 aliphatic rings. The number of aliphatic hydroxyl groups excluding tert-OH is 2. The molecule has 0 heterocycles. The van der Waals surface area contributed by atoms with Crippen LogP contribution in [0.4, 0.5) is 0 Å². The number of aliphatic hydroxyl groups is 2. The fourth-order valence-electron chi connectivity index (χ4n) is 8.12. The topological polar surface area (TPSA) is 95.9 Å². The lowest BCUT2D eigenvalue weighted by atomic mass is 10.0. The summed E-state index contributed by atoms with van der Waals surface area (Å²) in [6.45, 7) is 6.47. The summed E-state index contributed by atoms with van der Waals surface area (Å²) in [6, 6.07) is -0.707. The van der Waals surface area contributed by atoms with E-state index in [1.165, 1.54) is 154 Å². The Hall–Kier alpha value is -1.92. The molecule has 358 valence electrons. The van der Waals surface area contributed by atoms with Gasteiger partial charge in [-0.3, -0.25) is 9.59 Å². The molecule has 6 nitrogen and oxygen atoms in total. The first-order valence-electron chi connectivity index (χ1n) is 26.7. The van der Waals surface area contributed by atoms with Gasteiger partial charge in [0.05, 0.1) is 25.2 Å². The third kappa shape index (κ3) is 44.5. The Morgan fingerprint density at radius 2 is 0.836 bits per heavy atom. The first kappa shape index (κ1) is 59.1. The van der Waals surface area contributed by atoms with Gasteiger partial charge in [0.1, 0.15) is 6.10 Å². The second kappa shape index (κ2) is 49.1. The minimum absolute atomic E-state index is 0.0636. The molecule has 0 fully saturated rings.